The Bertz CT molecular complexity index is 2550. The van der Waals surface area contributed by atoms with Crippen molar-refractivity contribution in [2.75, 3.05) is 56.2 Å². The Morgan fingerprint density at radius 2 is 1.65 bits per heavy atom. The predicted octanol–water partition coefficient (Wildman–Crippen LogP) is 5.29. The number of hydrogen-bond acceptors (Lipinski definition) is 12. The van der Waals surface area contributed by atoms with Gasteiger partial charge in [-0.3, -0.25) is 29.0 Å². The molecular formula is C50H63N9O9. The van der Waals surface area contributed by atoms with Crippen molar-refractivity contribution in [1.82, 2.24) is 29.6 Å². The summed E-state index contributed by atoms with van der Waals surface area (Å²) in [7, 11) is 0. The van der Waals surface area contributed by atoms with Crippen LogP contribution in [-0.2, 0) is 45.3 Å². The number of anilines is 2. The maximum atomic E-state index is 13.4. The third kappa shape index (κ3) is 10.6. The minimum absolute atomic E-state index is 0.0101. The van der Waals surface area contributed by atoms with Crippen molar-refractivity contribution in [2.45, 2.75) is 104 Å². The largest absolute Gasteiger partial charge is 0.508 e. The van der Waals surface area contributed by atoms with Crippen molar-refractivity contribution in [2.24, 2.45) is 11.7 Å². The average Bonchev–Trinajstić information content (AvgIpc) is 4.01. The van der Waals surface area contributed by atoms with Crippen LogP contribution in [0.1, 0.15) is 98.3 Å². The fourth-order valence-corrected chi connectivity index (χ4v) is 9.42. The first-order chi connectivity index (χ1) is 32.6. The molecule has 68 heavy (non-hydrogen) atoms. The van der Waals surface area contributed by atoms with E-state index in [2.05, 4.69) is 33.7 Å². The maximum absolute atomic E-state index is 13.4. The summed E-state index contributed by atoms with van der Waals surface area (Å²) in [6.07, 6.45) is 3.36. The lowest BCUT2D eigenvalue weighted by molar-refractivity contribution is -0.135. The average molecular weight is 934 g/mol. The number of carbonyl (C=O) groups excluding carboxylic acids is 5. The molecule has 5 amide bonds. The molecule has 4 aromatic rings. The van der Waals surface area contributed by atoms with E-state index in [-0.39, 0.29) is 65.5 Å². The molecule has 3 aromatic carbocycles. The fraction of sp³-hybridized carbons (Fsp3) is 0.480. The van der Waals surface area contributed by atoms with Crippen LogP contribution in [0.15, 0.2) is 54.7 Å². The van der Waals surface area contributed by atoms with Crippen LogP contribution in [0.2, 0.25) is 0 Å². The van der Waals surface area contributed by atoms with Crippen LogP contribution in [0.3, 0.4) is 0 Å². The number of phenols is 2. The third-order valence-corrected chi connectivity index (χ3v) is 13.4. The van der Waals surface area contributed by atoms with E-state index >= 15 is 0 Å². The number of amides is 5. The lowest BCUT2D eigenvalue weighted by Crippen LogP contribution is -2.48. The molecule has 2 saturated heterocycles. The lowest BCUT2D eigenvalue weighted by Gasteiger charge is -2.35. The van der Waals surface area contributed by atoms with Crippen LogP contribution in [0.25, 0.3) is 11.4 Å². The SMILES string of the molecule is CC(C)c1cc(C(=O)N2Cc3ccc(CN4CCN(C(=O)CCC(=O)NCCCC[C@H](Nc5ccc6c(c5)OCCn5cc(N7C(=O)OC[C@H]7C(C)C)nc5-6)C(N)=O)CC4)cc3C2)c(O)cc1O. The summed E-state index contributed by atoms with van der Waals surface area (Å²) in [6.45, 7) is 13.7. The number of aromatic nitrogens is 2. The van der Waals surface area contributed by atoms with Gasteiger partial charge in [0.25, 0.3) is 5.91 Å². The minimum atomic E-state index is -0.652. The summed E-state index contributed by atoms with van der Waals surface area (Å²) in [6, 6.07) is 13.9. The summed E-state index contributed by atoms with van der Waals surface area (Å²) in [5, 5.41) is 26.9. The number of imidazole rings is 1. The standard InChI is InChI=1S/C50H63N9O9/c1-30(2)37-23-38(42(61)24-41(37)60)49(65)58-26-33-9-8-32(21-34(33)27-58)25-55-15-17-56(18-16-55)46(63)13-12-45(62)52-14-6-5-7-39(47(51)64)53-35-10-11-36-43(22-35)67-20-19-57-28-44(54-48(36)57)59-40(31(3)4)29-68-50(59)66/h8-11,21-24,28,30-31,39-40,53,60-61H,5-7,12-20,25-27,29H2,1-4H3,(H2,51,64)(H,52,62)/t39-,40-/m0/s1. The topological polar surface area (TPSA) is 225 Å². The van der Waals surface area contributed by atoms with Crippen LogP contribution in [0, 0.1) is 5.92 Å². The highest BCUT2D eigenvalue weighted by Gasteiger charge is 2.38. The highest BCUT2D eigenvalue weighted by Crippen LogP contribution is 2.38. The number of cyclic esters (lactones) is 1. The Labute approximate surface area is 396 Å². The highest BCUT2D eigenvalue weighted by atomic mass is 16.6. The Hall–Kier alpha value is -6.82. The van der Waals surface area contributed by atoms with Gasteiger partial charge in [0.15, 0.2) is 5.82 Å². The van der Waals surface area contributed by atoms with E-state index in [1.165, 1.54) is 6.07 Å². The second-order valence-corrected chi connectivity index (χ2v) is 18.9. The molecule has 4 aliphatic rings. The number of carbonyl (C=O) groups is 5. The number of rotatable bonds is 17. The van der Waals surface area contributed by atoms with E-state index in [0.29, 0.717) is 120 Å². The molecule has 362 valence electrons. The number of nitrogens with one attached hydrogen (secondary N) is 2. The number of ether oxygens (including phenoxy) is 2. The number of nitrogens with two attached hydrogens (primary N) is 1. The monoisotopic (exact) mass is 933 g/mol. The molecule has 0 saturated carbocycles. The van der Waals surface area contributed by atoms with Gasteiger partial charge in [-0.2, -0.15) is 0 Å². The lowest BCUT2D eigenvalue weighted by atomic mass is 9.98. The first kappa shape index (κ1) is 47.7. The van der Waals surface area contributed by atoms with Gasteiger partial charge in [-0.15, -0.1) is 0 Å². The van der Waals surface area contributed by atoms with Crippen LogP contribution in [-0.4, -0.2) is 122 Å². The van der Waals surface area contributed by atoms with Crippen molar-refractivity contribution in [3.05, 3.63) is 82.5 Å². The molecule has 0 aliphatic carbocycles. The number of aromatic hydroxyl groups is 2. The molecule has 1 aromatic heterocycles. The Morgan fingerprint density at radius 3 is 2.40 bits per heavy atom. The quantitative estimate of drug-likeness (QED) is 0.0852. The number of benzene rings is 3. The number of fused-ring (bicyclic) bond motifs is 4. The molecule has 0 bridgehead atoms. The molecule has 2 fully saturated rings. The van der Waals surface area contributed by atoms with Crippen molar-refractivity contribution in [3.8, 4) is 28.6 Å². The van der Waals surface area contributed by atoms with Gasteiger partial charge in [-0.25, -0.2) is 9.78 Å². The van der Waals surface area contributed by atoms with Gasteiger partial charge in [0.05, 0.1) is 23.7 Å². The van der Waals surface area contributed by atoms with Gasteiger partial charge in [-0.1, -0.05) is 45.9 Å². The van der Waals surface area contributed by atoms with E-state index < -0.39 is 18.0 Å². The highest BCUT2D eigenvalue weighted by molar-refractivity contribution is 5.97. The van der Waals surface area contributed by atoms with E-state index in [1.54, 1.807) is 15.9 Å². The molecular weight excluding hydrogens is 871 g/mol. The number of phenolic OH excluding ortho intramolecular Hbond substituents is 2. The zero-order valence-corrected chi connectivity index (χ0v) is 39.3. The van der Waals surface area contributed by atoms with Crippen molar-refractivity contribution in [1.29, 1.82) is 0 Å². The van der Waals surface area contributed by atoms with Crippen molar-refractivity contribution >= 4 is 41.2 Å². The molecule has 0 unspecified atom stereocenters. The molecule has 4 aliphatic heterocycles. The number of piperazine rings is 1. The van der Waals surface area contributed by atoms with E-state index in [4.69, 9.17) is 20.2 Å². The zero-order valence-electron chi connectivity index (χ0n) is 39.3. The Balaban J connectivity index is 0.730. The van der Waals surface area contributed by atoms with Gasteiger partial charge in [0.1, 0.15) is 42.3 Å². The summed E-state index contributed by atoms with van der Waals surface area (Å²) >= 11 is 0. The number of hydrogen-bond donors (Lipinski definition) is 5. The first-order valence-electron chi connectivity index (χ1n) is 23.7. The van der Waals surface area contributed by atoms with E-state index in [0.717, 1.165) is 22.3 Å². The smallest absolute Gasteiger partial charge is 0.415 e. The predicted molar refractivity (Wildman–Crippen MR) is 254 cm³/mol. The second kappa shape index (κ2) is 20.6. The minimum Gasteiger partial charge on any atom is -0.508 e. The molecule has 2 atom stereocenters. The third-order valence-electron chi connectivity index (χ3n) is 13.4. The van der Waals surface area contributed by atoms with Gasteiger partial charge >= 0.3 is 6.09 Å². The summed E-state index contributed by atoms with van der Waals surface area (Å²) in [4.78, 5) is 76.6. The molecule has 18 heteroatoms. The fourth-order valence-electron chi connectivity index (χ4n) is 9.42. The number of nitrogens with zero attached hydrogens (tertiary/aromatic N) is 6. The summed E-state index contributed by atoms with van der Waals surface area (Å²) < 4.78 is 13.4. The van der Waals surface area contributed by atoms with Gasteiger partial charge in [0, 0.05) is 89.2 Å². The van der Waals surface area contributed by atoms with Gasteiger partial charge in [-0.05, 0) is 71.6 Å². The number of unbranched alkanes of at least 4 members (excludes halogenated alkanes) is 1. The molecule has 0 spiro atoms. The van der Waals surface area contributed by atoms with Crippen LogP contribution in [0.5, 0.6) is 17.2 Å². The van der Waals surface area contributed by atoms with Gasteiger partial charge < -0.3 is 50.4 Å². The maximum Gasteiger partial charge on any atom is 0.415 e. The van der Waals surface area contributed by atoms with Crippen LogP contribution >= 0.6 is 0 Å². The van der Waals surface area contributed by atoms with E-state index in [1.807, 2.05) is 61.6 Å². The molecule has 8 rings (SSSR count). The molecule has 5 heterocycles. The molecule has 6 N–H and O–H groups in total. The van der Waals surface area contributed by atoms with Crippen LogP contribution in [0.4, 0.5) is 16.3 Å². The van der Waals surface area contributed by atoms with E-state index in [9.17, 15) is 34.2 Å². The van der Waals surface area contributed by atoms with Crippen LogP contribution < -0.4 is 26.0 Å². The zero-order chi connectivity index (χ0) is 48.2. The Kier molecular flexibility index (Phi) is 14.4. The molecule has 0 radical (unpaired) electrons. The second-order valence-electron chi connectivity index (χ2n) is 18.9. The Morgan fingerprint density at radius 1 is 0.868 bits per heavy atom. The summed E-state index contributed by atoms with van der Waals surface area (Å²) in [5.41, 5.74) is 11.2. The number of primary amides is 1. The van der Waals surface area contributed by atoms with Crippen molar-refractivity contribution < 1.29 is 43.7 Å². The summed E-state index contributed by atoms with van der Waals surface area (Å²) in [5.74, 6) is 0.690. The van der Waals surface area contributed by atoms with Gasteiger partial charge in [0.2, 0.25) is 17.7 Å². The normalized spacial score (nSPS) is 17.3. The molecule has 18 nitrogen and oxygen atoms in total. The first-order valence-corrected chi connectivity index (χ1v) is 23.7. The van der Waals surface area contributed by atoms with Crippen molar-refractivity contribution in [3.63, 3.8) is 0 Å².